The van der Waals surface area contributed by atoms with E-state index in [1.54, 1.807) is 0 Å². The molecule has 0 amide bonds. The Hall–Kier alpha value is -4.26. The molecule has 2 aliphatic rings. The predicted octanol–water partition coefficient (Wildman–Crippen LogP) is 8.03. The predicted molar refractivity (Wildman–Crippen MR) is 215 cm³/mol. The highest BCUT2D eigenvalue weighted by Gasteiger charge is 2.52. The maximum Gasteiger partial charge on any atom is 0.187 e. The van der Waals surface area contributed by atoms with Crippen molar-refractivity contribution in [2.75, 3.05) is 6.61 Å². The average molecular weight is 775 g/mol. The first-order chi connectivity index (χ1) is 28.0. The minimum absolute atomic E-state index is 0.196. The molecule has 2 saturated heterocycles. The van der Waals surface area contributed by atoms with E-state index in [0.29, 0.717) is 26.4 Å². The van der Waals surface area contributed by atoms with E-state index in [1.807, 2.05) is 166 Å². The first-order valence-corrected chi connectivity index (χ1v) is 19.9. The van der Waals surface area contributed by atoms with Crippen LogP contribution < -0.4 is 0 Å². The third kappa shape index (κ3) is 11.4. The highest BCUT2D eigenvalue weighted by molar-refractivity contribution is 5.17. The smallest absolute Gasteiger partial charge is 0.187 e. The molecule has 300 valence electrons. The van der Waals surface area contributed by atoms with Gasteiger partial charge in [-0.15, -0.1) is 0 Å². The zero-order chi connectivity index (χ0) is 39.2. The fraction of sp³-hybridized carbons (Fsp3) is 0.375. The van der Waals surface area contributed by atoms with Crippen LogP contribution in [0.3, 0.4) is 0 Å². The van der Waals surface area contributed by atoms with E-state index in [0.717, 1.165) is 27.8 Å². The lowest BCUT2D eigenvalue weighted by molar-refractivity contribution is -0.363. The van der Waals surface area contributed by atoms with Crippen molar-refractivity contribution in [1.29, 1.82) is 0 Å². The summed E-state index contributed by atoms with van der Waals surface area (Å²) in [6.07, 6.45) is -6.37. The molecule has 10 atom stereocenters. The monoisotopic (exact) mass is 774 g/mol. The largest absolute Gasteiger partial charge is 0.374 e. The van der Waals surface area contributed by atoms with Gasteiger partial charge in [-0.05, 0) is 34.7 Å². The minimum atomic E-state index is -1.08. The van der Waals surface area contributed by atoms with Crippen molar-refractivity contribution < 1.29 is 43.0 Å². The number of aliphatic hydroxyl groups excluding tert-OH is 1. The molecule has 0 radical (unpaired) electrons. The Balaban J connectivity index is 1.23. The van der Waals surface area contributed by atoms with Gasteiger partial charge in [0.1, 0.15) is 30.5 Å². The fourth-order valence-electron chi connectivity index (χ4n) is 7.36. The van der Waals surface area contributed by atoms with E-state index in [-0.39, 0.29) is 13.2 Å². The van der Waals surface area contributed by atoms with E-state index in [9.17, 15) is 5.11 Å². The minimum Gasteiger partial charge on any atom is -0.374 e. The van der Waals surface area contributed by atoms with E-state index in [1.165, 1.54) is 0 Å². The molecule has 2 aliphatic heterocycles. The van der Waals surface area contributed by atoms with Gasteiger partial charge in [0.2, 0.25) is 0 Å². The Morgan fingerprint density at radius 3 is 1.28 bits per heavy atom. The molecule has 5 aromatic carbocycles. The Bertz CT molecular complexity index is 1850. The van der Waals surface area contributed by atoms with Gasteiger partial charge in [-0.3, -0.25) is 0 Å². The Labute approximate surface area is 336 Å². The summed E-state index contributed by atoms with van der Waals surface area (Å²) in [7, 11) is 0. The van der Waals surface area contributed by atoms with Gasteiger partial charge in [0.15, 0.2) is 12.6 Å². The SMILES string of the molecule is CC1C(O)OC(C)[C@H](OCc2ccccc2)[C@@H]1O[C@H]1O[C@@H](COCc2ccccc2)[C@@H](OCc2ccccc2)C(OCc2ccccc2)C1OCc1ccccc1. The molecule has 0 aromatic heterocycles. The number of hydrogen-bond donors (Lipinski definition) is 1. The molecule has 2 heterocycles. The van der Waals surface area contributed by atoms with Crippen LogP contribution in [0.15, 0.2) is 152 Å². The van der Waals surface area contributed by atoms with Gasteiger partial charge in [-0.25, -0.2) is 0 Å². The topological polar surface area (TPSA) is 94.1 Å². The van der Waals surface area contributed by atoms with E-state index < -0.39 is 61.2 Å². The van der Waals surface area contributed by atoms with Crippen LogP contribution in [-0.4, -0.2) is 67.0 Å². The summed E-state index contributed by atoms with van der Waals surface area (Å²) >= 11 is 0. The van der Waals surface area contributed by atoms with E-state index in [2.05, 4.69) is 0 Å². The molecule has 5 aromatic rings. The Morgan fingerprint density at radius 2 is 0.825 bits per heavy atom. The van der Waals surface area contributed by atoms with Crippen LogP contribution in [0, 0.1) is 5.92 Å². The van der Waals surface area contributed by atoms with Crippen molar-refractivity contribution in [3.8, 4) is 0 Å². The molecular formula is C48H54O9. The molecule has 5 unspecified atom stereocenters. The third-order valence-corrected chi connectivity index (χ3v) is 10.5. The summed E-state index contributed by atoms with van der Waals surface area (Å²) in [6, 6.07) is 50.1. The highest BCUT2D eigenvalue weighted by atomic mass is 16.7. The van der Waals surface area contributed by atoms with Gasteiger partial charge in [-0.1, -0.05) is 159 Å². The zero-order valence-corrected chi connectivity index (χ0v) is 32.7. The number of aliphatic hydroxyl groups is 1. The van der Waals surface area contributed by atoms with Crippen molar-refractivity contribution in [2.45, 2.75) is 102 Å². The molecule has 0 spiro atoms. The summed E-state index contributed by atoms with van der Waals surface area (Å²) in [5.74, 6) is -0.469. The lowest BCUT2D eigenvalue weighted by Crippen LogP contribution is -2.64. The van der Waals surface area contributed by atoms with Crippen LogP contribution in [0.25, 0.3) is 0 Å². The lowest BCUT2D eigenvalue weighted by atomic mass is 9.91. The number of benzene rings is 5. The molecule has 0 aliphatic carbocycles. The second-order valence-corrected chi connectivity index (χ2v) is 14.8. The van der Waals surface area contributed by atoms with Crippen LogP contribution >= 0.6 is 0 Å². The van der Waals surface area contributed by atoms with Crippen LogP contribution in [0.5, 0.6) is 0 Å². The quantitative estimate of drug-likeness (QED) is 0.0950. The summed E-state index contributed by atoms with van der Waals surface area (Å²) in [6.45, 7) is 5.62. The van der Waals surface area contributed by atoms with Crippen molar-refractivity contribution in [1.82, 2.24) is 0 Å². The molecule has 57 heavy (non-hydrogen) atoms. The van der Waals surface area contributed by atoms with Crippen LogP contribution in [0.1, 0.15) is 41.7 Å². The Morgan fingerprint density at radius 1 is 0.439 bits per heavy atom. The molecule has 9 nitrogen and oxygen atoms in total. The standard InChI is InChI=1S/C48H54O9/c1-34-42(43(35(2)55-47(34)49)51-29-37-20-10-4-11-21-37)57-48-46(54-32-40-26-16-7-17-27-40)45(53-31-39-24-14-6-15-25-39)44(52-30-38-22-12-5-13-23-38)41(56-48)33-50-28-36-18-8-3-9-19-36/h3-27,34-35,41-49H,28-33H2,1-2H3/t34?,35?,41-,42+,43-,44+,45?,46?,47?,48+/m0/s1. The molecule has 1 N–H and O–H groups in total. The highest BCUT2D eigenvalue weighted by Crippen LogP contribution is 2.36. The van der Waals surface area contributed by atoms with Gasteiger partial charge < -0.3 is 43.0 Å². The van der Waals surface area contributed by atoms with Crippen molar-refractivity contribution in [3.63, 3.8) is 0 Å². The molecule has 2 fully saturated rings. The number of ether oxygens (including phenoxy) is 8. The van der Waals surface area contributed by atoms with Gasteiger partial charge in [0, 0.05) is 5.92 Å². The maximum atomic E-state index is 11.1. The van der Waals surface area contributed by atoms with Crippen LogP contribution in [0.4, 0.5) is 0 Å². The zero-order valence-electron chi connectivity index (χ0n) is 32.7. The average Bonchev–Trinajstić information content (AvgIpc) is 3.25. The number of hydrogen-bond acceptors (Lipinski definition) is 9. The second kappa shape index (κ2) is 20.9. The van der Waals surface area contributed by atoms with Crippen molar-refractivity contribution in [3.05, 3.63) is 179 Å². The Kier molecular flexibility index (Phi) is 15.0. The third-order valence-electron chi connectivity index (χ3n) is 10.5. The molecule has 0 bridgehead atoms. The van der Waals surface area contributed by atoms with Crippen molar-refractivity contribution >= 4 is 0 Å². The lowest BCUT2D eigenvalue weighted by Gasteiger charge is -2.49. The van der Waals surface area contributed by atoms with Gasteiger partial charge in [-0.2, -0.15) is 0 Å². The van der Waals surface area contributed by atoms with Gasteiger partial charge in [0.25, 0.3) is 0 Å². The molecule has 0 saturated carbocycles. The molecular weight excluding hydrogens is 721 g/mol. The van der Waals surface area contributed by atoms with Crippen LogP contribution in [-0.2, 0) is 70.9 Å². The van der Waals surface area contributed by atoms with E-state index in [4.69, 9.17) is 37.9 Å². The summed E-state index contributed by atoms with van der Waals surface area (Å²) in [5, 5.41) is 11.1. The van der Waals surface area contributed by atoms with E-state index >= 15 is 0 Å². The normalized spacial score (nSPS) is 27.6. The molecule has 9 heteroatoms. The summed E-state index contributed by atoms with van der Waals surface area (Å²) in [5.41, 5.74) is 5.07. The number of rotatable bonds is 18. The first-order valence-electron chi connectivity index (χ1n) is 19.9. The van der Waals surface area contributed by atoms with Gasteiger partial charge >= 0.3 is 0 Å². The maximum absolute atomic E-state index is 11.1. The second-order valence-electron chi connectivity index (χ2n) is 14.8. The summed E-state index contributed by atoms with van der Waals surface area (Å²) < 4.78 is 53.6. The van der Waals surface area contributed by atoms with Crippen molar-refractivity contribution in [2.24, 2.45) is 5.92 Å². The molecule has 7 rings (SSSR count). The van der Waals surface area contributed by atoms with Gasteiger partial charge in [0.05, 0.1) is 51.8 Å². The fourth-order valence-corrected chi connectivity index (χ4v) is 7.36. The van der Waals surface area contributed by atoms with Crippen LogP contribution in [0.2, 0.25) is 0 Å². The first kappa shape index (κ1) is 40.9. The summed E-state index contributed by atoms with van der Waals surface area (Å²) in [4.78, 5) is 0.